The summed E-state index contributed by atoms with van der Waals surface area (Å²) < 4.78 is 44.2. The summed E-state index contributed by atoms with van der Waals surface area (Å²) in [5, 5.41) is 0. The predicted octanol–water partition coefficient (Wildman–Crippen LogP) is 2.43. The number of hydrogen-bond donors (Lipinski definition) is 1. The van der Waals surface area contributed by atoms with Gasteiger partial charge in [0.25, 0.3) is 15.9 Å². The molecule has 0 spiro atoms. The standard InChI is InChI=1S/C21H26N2O6S/c1-15-4-9-20(27-3)19(14-15)22-30(25,26)18-7-5-17(6-8-18)29-16(2)21(24)23-10-12-28-13-11-23/h4-9,14,16,22H,10-13H2,1-3H3/t16-/m0/s1. The Morgan fingerprint density at radius 1 is 1.13 bits per heavy atom. The smallest absolute Gasteiger partial charge is 0.263 e. The van der Waals surface area contributed by atoms with Crippen LogP contribution in [0.5, 0.6) is 11.5 Å². The van der Waals surface area contributed by atoms with Crippen LogP contribution in [0.2, 0.25) is 0 Å². The van der Waals surface area contributed by atoms with Gasteiger partial charge in [0, 0.05) is 13.1 Å². The topological polar surface area (TPSA) is 94.2 Å². The highest BCUT2D eigenvalue weighted by Crippen LogP contribution is 2.28. The molecule has 0 unspecified atom stereocenters. The second-order valence-electron chi connectivity index (χ2n) is 6.98. The van der Waals surface area contributed by atoms with Gasteiger partial charge in [0.1, 0.15) is 11.5 Å². The zero-order valence-corrected chi connectivity index (χ0v) is 18.1. The number of rotatable bonds is 7. The van der Waals surface area contributed by atoms with Crippen LogP contribution in [0.3, 0.4) is 0 Å². The molecule has 1 fully saturated rings. The number of anilines is 1. The number of nitrogens with zero attached hydrogens (tertiary/aromatic N) is 1. The fourth-order valence-corrected chi connectivity index (χ4v) is 4.16. The number of carbonyl (C=O) groups is 1. The van der Waals surface area contributed by atoms with Crippen molar-refractivity contribution in [3.63, 3.8) is 0 Å². The highest BCUT2D eigenvalue weighted by Gasteiger charge is 2.24. The predicted molar refractivity (Wildman–Crippen MR) is 112 cm³/mol. The van der Waals surface area contributed by atoms with E-state index in [1.54, 1.807) is 24.0 Å². The van der Waals surface area contributed by atoms with Gasteiger partial charge in [-0.3, -0.25) is 9.52 Å². The Balaban J connectivity index is 1.68. The Hall–Kier alpha value is -2.78. The van der Waals surface area contributed by atoms with Gasteiger partial charge in [-0.1, -0.05) is 6.07 Å². The first-order valence-electron chi connectivity index (χ1n) is 9.61. The number of amides is 1. The van der Waals surface area contributed by atoms with Crippen LogP contribution in [0.25, 0.3) is 0 Å². The molecule has 8 nitrogen and oxygen atoms in total. The van der Waals surface area contributed by atoms with Crippen LogP contribution >= 0.6 is 0 Å². The number of nitrogens with one attached hydrogen (secondary N) is 1. The molecule has 1 saturated heterocycles. The summed E-state index contributed by atoms with van der Waals surface area (Å²) in [5.41, 5.74) is 1.26. The molecule has 0 saturated carbocycles. The van der Waals surface area contributed by atoms with Gasteiger partial charge in [-0.2, -0.15) is 0 Å². The maximum Gasteiger partial charge on any atom is 0.263 e. The molecule has 2 aromatic carbocycles. The first-order chi connectivity index (χ1) is 14.3. The van der Waals surface area contributed by atoms with Crippen molar-refractivity contribution < 1.29 is 27.4 Å². The summed E-state index contributed by atoms with van der Waals surface area (Å²) in [6, 6.07) is 11.2. The van der Waals surface area contributed by atoms with Crippen molar-refractivity contribution in [2.75, 3.05) is 38.1 Å². The first-order valence-corrected chi connectivity index (χ1v) is 11.1. The van der Waals surface area contributed by atoms with Gasteiger partial charge >= 0.3 is 0 Å². The van der Waals surface area contributed by atoms with Gasteiger partial charge in [0.15, 0.2) is 6.10 Å². The second-order valence-corrected chi connectivity index (χ2v) is 8.66. The van der Waals surface area contributed by atoms with E-state index in [9.17, 15) is 13.2 Å². The Morgan fingerprint density at radius 2 is 1.80 bits per heavy atom. The van der Waals surface area contributed by atoms with Gasteiger partial charge in [0.2, 0.25) is 0 Å². The molecule has 0 radical (unpaired) electrons. The van der Waals surface area contributed by atoms with E-state index in [0.717, 1.165) is 5.56 Å². The van der Waals surface area contributed by atoms with Crippen LogP contribution in [0, 0.1) is 6.92 Å². The maximum absolute atomic E-state index is 12.7. The number of aryl methyl sites for hydroxylation is 1. The van der Waals surface area contributed by atoms with Crippen molar-refractivity contribution in [2.24, 2.45) is 0 Å². The largest absolute Gasteiger partial charge is 0.495 e. The molecule has 1 heterocycles. The number of carbonyl (C=O) groups excluding carboxylic acids is 1. The summed E-state index contributed by atoms with van der Waals surface area (Å²) in [6.45, 7) is 5.65. The van der Waals surface area contributed by atoms with Crippen molar-refractivity contribution >= 4 is 21.6 Å². The first kappa shape index (κ1) is 21.9. The third-order valence-electron chi connectivity index (χ3n) is 4.72. The molecular weight excluding hydrogens is 408 g/mol. The van der Waals surface area contributed by atoms with Crippen LogP contribution in [-0.2, 0) is 19.6 Å². The Bertz CT molecular complexity index is 985. The second kappa shape index (κ2) is 9.36. The highest BCUT2D eigenvalue weighted by molar-refractivity contribution is 7.92. The average Bonchev–Trinajstić information content (AvgIpc) is 2.74. The highest BCUT2D eigenvalue weighted by atomic mass is 32.2. The lowest BCUT2D eigenvalue weighted by Crippen LogP contribution is -2.46. The third-order valence-corrected chi connectivity index (χ3v) is 6.10. The van der Waals surface area contributed by atoms with Gasteiger partial charge in [-0.25, -0.2) is 8.42 Å². The number of morpholine rings is 1. The van der Waals surface area contributed by atoms with E-state index in [4.69, 9.17) is 14.2 Å². The molecule has 0 bridgehead atoms. The normalized spacial score (nSPS) is 15.4. The molecule has 1 atom stereocenters. The summed E-state index contributed by atoms with van der Waals surface area (Å²) >= 11 is 0. The van der Waals surface area contributed by atoms with Crippen LogP contribution in [-0.4, -0.2) is 58.7 Å². The lowest BCUT2D eigenvalue weighted by Gasteiger charge is -2.29. The quantitative estimate of drug-likeness (QED) is 0.719. The van der Waals surface area contributed by atoms with Crippen molar-refractivity contribution in [3.05, 3.63) is 48.0 Å². The molecule has 3 rings (SSSR count). The van der Waals surface area contributed by atoms with Gasteiger partial charge < -0.3 is 19.1 Å². The monoisotopic (exact) mass is 434 g/mol. The van der Waals surface area contributed by atoms with Crippen molar-refractivity contribution in [1.82, 2.24) is 4.90 Å². The molecule has 1 aliphatic rings. The minimum atomic E-state index is -3.82. The van der Waals surface area contributed by atoms with E-state index < -0.39 is 16.1 Å². The number of ether oxygens (including phenoxy) is 3. The molecule has 2 aromatic rings. The van der Waals surface area contributed by atoms with E-state index in [1.807, 2.05) is 13.0 Å². The molecule has 0 aromatic heterocycles. The van der Waals surface area contributed by atoms with E-state index in [-0.39, 0.29) is 10.8 Å². The summed E-state index contributed by atoms with van der Waals surface area (Å²) in [5.74, 6) is 0.721. The van der Waals surface area contributed by atoms with E-state index >= 15 is 0 Å². The van der Waals surface area contributed by atoms with Gasteiger partial charge in [-0.15, -0.1) is 0 Å². The van der Waals surface area contributed by atoms with Crippen LogP contribution in [0.4, 0.5) is 5.69 Å². The zero-order chi connectivity index (χ0) is 21.7. The molecular formula is C21H26N2O6S. The van der Waals surface area contributed by atoms with E-state index in [2.05, 4.69) is 4.72 Å². The van der Waals surface area contributed by atoms with Crippen molar-refractivity contribution in [3.8, 4) is 11.5 Å². The lowest BCUT2D eigenvalue weighted by molar-refractivity contribution is -0.142. The molecule has 30 heavy (non-hydrogen) atoms. The van der Waals surface area contributed by atoms with Gasteiger partial charge in [0.05, 0.1) is 30.9 Å². The molecule has 162 valence electrons. The zero-order valence-electron chi connectivity index (χ0n) is 17.3. The number of methoxy groups -OCH3 is 1. The minimum Gasteiger partial charge on any atom is -0.495 e. The lowest BCUT2D eigenvalue weighted by atomic mass is 10.2. The van der Waals surface area contributed by atoms with Crippen LogP contribution in [0.1, 0.15) is 12.5 Å². The van der Waals surface area contributed by atoms with Crippen molar-refractivity contribution in [1.29, 1.82) is 0 Å². The minimum absolute atomic E-state index is 0.0746. The molecule has 9 heteroatoms. The van der Waals surface area contributed by atoms with Crippen molar-refractivity contribution in [2.45, 2.75) is 24.8 Å². The van der Waals surface area contributed by atoms with Crippen LogP contribution in [0.15, 0.2) is 47.4 Å². The summed E-state index contributed by atoms with van der Waals surface area (Å²) in [4.78, 5) is 14.2. The SMILES string of the molecule is COc1ccc(C)cc1NS(=O)(=O)c1ccc(O[C@@H](C)C(=O)N2CCOCC2)cc1. The van der Waals surface area contributed by atoms with Crippen LogP contribution < -0.4 is 14.2 Å². The number of sulfonamides is 1. The molecule has 1 aliphatic heterocycles. The molecule has 1 N–H and O–H groups in total. The Kier molecular flexibility index (Phi) is 6.84. The average molecular weight is 435 g/mol. The fourth-order valence-electron chi connectivity index (χ4n) is 3.10. The number of hydrogen-bond acceptors (Lipinski definition) is 6. The molecule has 1 amide bonds. The Labute approximate surface area is 176 Å². The summed E-state index contributed by atoms with van der Waals surface area (Å²) in [7, 11) is -2.34. The van der Waals surface area contributed by atoms with E-state index in [1.165, 1.54) is 31.4 Å². The molecule has 0 aliphatic carbocycles. The fraction of sp³-hybridized carbons (Fsp3) is 0.381. The number of benzene rings is 2. The summed E-state index contributed by atoms with van der Waals surface area (Å²) in [6.07, 6.45) is -0.680. The van der Waals surface area contributed by atoms with E-state index in [0.29, 0.717) is 43.5 Å². The maximum atomic E-state index is 12.7. The van der Waals surface area contributed by atoms with Gasteiger partial charge in [-0.05, 0) is 55.8 Å². The third kappa shape index (κ3) is 5.22. The Morgan fingerprint density at radius 3 is 2.43 bits per heavy atom.